The molecule has 7 heterocycles. The van der Waals surface area contributed by atoms with E-state index in [-0.39, 0.29) is 39.0 Å². The molecule has 4 aromatic rings. The van der Waals surface area contributed by atoms with Gasteiger partial charge in [-0.3, -0.25) is 27.2 Å². The average molecular weight is 805 g/mol. The second-order valence-electron chi connectivity index (χ2n) is 14.2. The van der Waals surface area contributed by atoms with Gasteiger partial charge in [-0.25, -0.2) is 43.4 Å². The highest BCUT2D eigenvalue weighted by Gasteiger charge is 2.83. The molecule has 8 rings (SSSR count). The summed E-state index contributed by atoms with van der Waals surface area (Å²) in [6.07, 6.45) is -5.39. The van der Waals surface area contributed by atoms with Crippen molar-refractivity contribution in [3.8, 4) is 0 Å². The molecule has 0 amide bonds. The summed E-state index contributed by atoms with van der Waals surface area (Å²) in [5, 5.41) is -0.293. The molecule has 276 valence electrons. The predicted molar refractivity (Wildman–Crippen MR) is 187 cm³/mol. The van der Waals surface area contributed by atoms with Crippen molar-refractivity contribution in [2.24, 2.45) is 0 Å². The lowest BCUT2D eigenvalue weighted by Gasteiger charge is -2.41. The number of nitrogens with zero attached hydrogens (tertiary/aromatic N) is 8. The number of hydrogen-bond acceptors (Lipinski definition) is 17. The summed E-state index contributed by atoms with van der Waals surface area (Å²) in [5.41, 5.74) is 10.8. The van der Waals surface area contributed by atoms with Crippen LogP contribution in [-0.4, -0.2) is 96.3 Å². The van der Waals surface area contributed by atoms with E-state index in [1.54, 1.807) is 0 Å². The molecule has 0 aromatic carbocycles. The van der Waals surface area contributed by atoms with E-state index in [1.165, 1.54) is 34.4 Å². The molecule has 3 unspecified atom stereocenters. The summed E-state index contributed by atoms with van der Waals surface area (Å²) in [5.74, 6) is 0.195. The zero-order chi connectivity index (χ0) is 36.5. The number of nitrogens with two attached hydrogens (primary N) is 2. The highest BCUT2D eigenvalue weighted by Crippen LogP contribution is 2.72. The van der Waals surface area contributed by atoms with Crippen molar-refractivity contribution in [2.75, 3.05) is 18.1 Å². The van der Waals surface area contributed by atoms with Crippen LogP contribution in [0.15, 0.2) is 25.3 Å². The molecule has 1 spiro atoms. The van der Waals surface area contributed by atoms with E-state index < -0.39 is 83.3 Å². The Kier molecular flexibility index (Phi) is 8.31. The lowest BCUT2D eigenvalue weighted by Crippen LogP contribution is -2.50. The SMILES string of the molecule is CC(C)(C)[Si](C)(C)O[C@H]1[C@H]2OP(=O)(S)OC3[C@H]4O[C@@H](n5cnc6c(N)ncnc65)[C@H](F)[C@@]34OP(=O)(S)OC[C@H]1O[C@H]2n1cnc2c(N)ncnc21. The van der Waals surface area contributed by atoms with Crippen LogP contribution in [0.5, 0.6) is 0 Å². The second kappa shape index (κ2) is 11.9. The van der Waals surface area contributed by atoms with E-state index >= 15 is 4.39 Å². The van der Waals surface area contributed by atoms with Crippen molar-refractivity contribution in [3.63, 3.8) is 0 Å². The van der Waals surface area contributed by atoms with Gasteiger partial charge >= 0.3 is 13.6 Å². The third kappa shape index (κ3) is 5.75. The van der Waals surface area contributed by atoms with Crippen molar-refractivity contribution in [3.05, 3.63) is 25.3 Å². The summed E-state index contributed by atoms with van der Waals surface area (Å²) in [7, 11) is -2.63. The topological polar surface area (TPSA) is 238 Å². The smallest absolute Gasteiger partial charge is 0.387 e. The average Bonchev–Trinajstić information content (AvgIpc) is 3.55. The Bertz CT molecular complexity index is 2140. The minimum atomic E-state index is -4.48. The number of thiol groups is 2. The van der Waals surface area contributed by atoms with Crippen LogP contribution >= 0.6 is 38.1 Å². The maximum Gasteiger partial charge on any atom is 0.387 e. The molecule has 25 heteroatoms. The van der Waals surface area contributed by atoms with Gasteiger partial charge in [-0.05, 0) is 18.1 Å². The molecule has 51 heavy (non-hydrogen) atoms. The van der Waals surface area contributed by atoms with Crippen LogP contribution < -0.4 is 11.5 Å². The summed E-state index contributed by atoms with van der Waals surface area (Å²) in [4.78, 5) is 24.9. The third-order valence-corrected chi connectivity index (χ3v) is 17.7. The highest BCUT2D eigenvalue weighted by atomic mass is 32.7. The molecule has 1 aliphatic carbocycles. The van der Waals surface area contributed by atoms with E-state index in [1.807, 2.05) is 33.9 Å². The Hall–Kier alpha value is -2.27. The number of ether oxygens (including phenoxy) is 2. The monoisotopic (exact) mass is 804 g/mol. The molecular formula is C26H35FN10O9P2S2Si. The lowest BCUT2D eigenvalue weighted by atomic mass is 10.1. The van der Waals surface area contributed by atoms with E-state index in [0.29, 0.717) is 0 Å². The largest absolute Gasteiger partial charge is 0.408 e. The predicted octanol–water partition coefficient (Wildman–Crippen LogP) is 4.00. The van der Waals surface area contributed by atoms with Gasteiger partial charge in [-0.2, -0.15) is 0 Å². The van der Waals surface area contributed by atoms with Gasteiger partial charge in [0.1, 0.15) is 54.2 Å². The van der Waals surface area contributed by atoms with Gasteiger partial charge < -0.3 is 25.4 Å². The number of fused-ring (bicyclic) bond motifs is 5. The molecular weight excluding hydrogens is 770 g/mol. The quantitative estimate of drug-likeness (QED) is 0.130. The number of rotatable bonds is 4. The number of aromatic nitrogens is 8. The molecule has 4 aliphatic rings. The Balaban J connectivity index is 1.17. The normalized spacial score (nSPS) is 38.7. The molecule has 1 saturated carbocycles. The molecule has 4 fully saturated rings. The highest BCUT2D eigenvalue weighted by molar-refractivity contribution is 8.44. The van der Waals surface area contributed by atoms with Crippen LogP contribution in [0.4, 0.5) is 16.0 Å². The fourth-order valence-electron chi connectivity index (χ4n) is 6.42. The van der Waals surface area contributed by atoms with Crippen LogP contribution in [0.1, 0.15) is 33.2 Å². The number of nitrogen functional groups attached to an aromatic ring is 2. The summed E-state index contributed by atoms with van der Waals surface area (Å²) in [6, 6.07) is 0. The van der Waals surface area contributed by atoms with Crippen molar-refractivity contribution in [2.45, 2.75) is 93.7 Å². The first kappa shape index (κ1) is 35.7. The zero-order valence-corrected chi connectivity index (χ0v) is 32.3. The van der Waals surface area contributed by atoms with Gasteiger partial charge in [0.15, 0.2) is 55.5 Å². The number of hydrogen-bond donors (Lipinski definition) is 4. The number of anilines is 2. The second-order valence-corrected chi connectivity index (χ2v) is 24.6. The minimum absolute atomic E-state index is 0.0750. The van der Waals surface area contributed by atoms with Gasteiger partial charge in [0.05, 0.1) is 19.3 Å². The molecule has 19 nitrogen and oxygen atoms in total. The molecule has 0 radical (unpaired) electrons. The number of imidazole rings is 2. The van der Waals surface area contributed by atoms with Gasteiger partial charge in [-0.1, -0.05) is 45.3 Å². The van der Waals surface area contributed by atoms with Crippen LogP contribution in [-0.2, 0) is 41.1 Å². The summed E-state index contributed by atoms with van der Waals surface area (Å²) in [6.45, 7) is 0.782. The van der Waals surface area contributed by atoms with E-state index in [4.69, 9.17) is 43.5 Å². The maximum absolute atomic E-state index is 16.7. The molecule has 3 aliphatic heterocycles. The number of alkyl halides is 1. The van der Waals surface area contributed by atoms with Crippen molar-refractivity contribution >= 4 is 80.4 Å². The fraction of sp³-hybridized carbons (Fsp3) is 0.615. The Morgan fingerprint density at radius 1 is 0.902 bits per heavy atom. The Morgan fingerprint density at radius 3 is 2.08 bits per heavy atom. The minimum Gasteiger partial charge on any atom is -0.408 e. The van der Waals surface area contributed by atoms with Crippen LogP contribution in [0.25, 0.3) is 22.3 Å². The zero-order valence-electron chi connectivity index (χ0n) is 27.7. The van der Waals surface area contributed by atoms with Crippen molar-refractivity contribution in [1.82, 2.24) is 39.0 Å². The first-order chi connectivity index (χ1) is 23.8. The van der Waals surface area contributed by atoms with Gasteiger partial charge in [-0.15, -0.1) is 0 Å². The standard InChI is InChI=1S/C26H35FN10O9P2S2Si/c1-25(2,3)51(4,5)45-14-11-6-40-47(38,49)46-26-16(27)24(37-10-35-13-20(29)31-8-33-22(13)37)42-17(26)18(26)44-48(39,50)43-15(14)23(41-11)36-9-34-12-19(28)30-7-32-21(12)36/h7-11,14-18,23-24H,6H2,1-5H3,(H,38,49)(H,39,50)(H2,28,30,32)(H2,29,31,33)/t11-,14-,15-,16+,17-,18?,23-,24-,26+,47?,48?/m1/s1. The van der Waals surface area contributed by atoms with Crippen LogP contribution in [0.3, 0.4) is 0 Å². The van der Waals surface area contributed by atoms with Crippen molar-refractivity contribution < 1.29 is 45.5 Å². The van der Waals surface area contributed by atoms with Crippen LogP contribution in [0.2, 0.25) is 18.1 Å². The first-order valence-electron chi connectivity index (χ1n) is 15.7. The lowest BCUT2D eigenvalue weighted by molar-refractivity contribution is -0.0577. The van der Waals surface area contributed by atoms with Gasteiger partial charge in [0.2, 0.25) is 0 Å². The number of halogens is 1. The molecule has 11 atom stereocenters. The van der Waals surface area contributed by atoms with Gasteiger partial charge in [0, 0.05) is 0 Å². The molecule has 4 aromatic heterocycles. The fourth-order valence-corrected chi connectivity index (χ4v) is 11.2. The summed E-state index contributed by atoms with van der Waals surface area (Å²) >= 11 is 8.56. The van der Waals surface area contributed by atoms with Gasteiger partial charge in [0.25, 0.3) is 0 Å². The Morgan fingerprint density at radius 2 is 1.49 bits per heavy atom. The van der Waals surface area contributed by atoms with Crippen molar-refractivity contribution in [1.29, 1.82) is 0 Å². The van der Waals surface area contributed by atoms with E-state index in [0.717, 1.165) is 0 Å². The third-order valence-electron chi connectivity index (χ3n) is 10.0. The van der Waals surface area contributed by atoms with Crippen LogP contribution in [0, 0.1) is 0 Å². The maximum atomic E-state index is 16.7. The van der Waals surface area contributed by atoms with E-state index in [9.17, 15) is 9.13 Å². The Labute approximate surface area is 301 Å². The molecule has 4 N–H and O–H groups in total. The first-order valence-corrected chi connectivity index (χ1v) is 24.0. The molecule has 3 saturated heterocycles. The van der Waals surface area contributed by atoms with E-state index in [2.05, 4.69) is 54.4 Å². The summed E-state index contributed by atoms with van der Waals surface area (Å²) < 4.78 is 91.0. The molecule has 2 bridgehead atoms.